The number of halogens is 1. The van der Waals surface area contributed by atoms with Gasteiger partial charge in [0, 0.05) is 5.88 Å². The highest BCUT2D eigenvalue weighted by molar-refractivity contribution is 6.17. The van der Waals surface area contributed by atoms with Gasteiger partial charge >= 0.3 is 0 Å². The molecule has 2 heteroatoms. The van der Waals surface area contributed by atoms with Gasteiger partial charge in [-0.2, -0.15) is 0 Å². The summed E-state index contributed by atoms with van der Waals surface area (Å²) >= 11 is 5.78. The van der Waals surface area contributed by atoms with Gasteiger partial charge in [-0.3, -0.25) is 0 Å². The summed E-state index contributed by atoms with van der Waals surface area (Å²) in [4.78, 5) is 0. The van der Waals surface area contributed by atoms with Crippen LogP contribution in [0.3, 0.4) is 0 Å². The van der Waals surface area contributed by atoms with Crippen LogP contribution in [-0.2, 0) is 5.88 Å². The lowest BCUT2D eigenvalue weighted by atomic mass is 9.98. The van der Waals surface area contributed by atoms with E-state index in [2.05, 4.69) is 32.0 Å². The van der Waals surface area contributed by atoms with Crippen LogP contribution in [0.2, 0.25) is 0 Å². The summed E-state index contributed by atoms with van der Waals surface area (Å²) in [5.74, 6) is 1.19. The van der Waals surface area contributed by atoms with E-state index in [1.54, 1.807) is 0 Å². The van der Waals surface area contributed by atoms with Gasteiger partial charge in [0.2, 0.25) is 0 Å². The fourth-order valence-electron chi connectivity index (χ4n) is 1.22. The topological polar surface area (TPSA) is 35.0 Å². The molecular weight excluding hydrogens is 170 g/mol. The molecular formula is C10H16ClN. The van der Waals surface area contributed by atoms with Crippen molar-refractivity contribution in [3.63, 3.8) is 0 Å². The molecule has 0 aliphatic heterocycles. The molecule has 1 rings (SSSR count). The molecule has 0 unspecified atom stereocenters. The lowest BCUT2D eigenvalue weighted by molar-refractivity contribution is 0.854. The second-order valence-electron chi connectivity index (χ2n) is 2.99. The minimum absolute atomic E-state index is 0. The molecule has 1 nitrogen and oxygen atoms in total. The van der Waals surface area contributed by atoms with Crippen LogP contribution in [0.15, 0.2) is 24.3 Å². The molecule has 0 aromatic heterocycles. The Kier molecular flexibility index (Phi) is 4.95. The third kappa shape index (κ3) is 2.50. The fraction of sp³-hybridized carbons (Fsp3) is 0.400. The van der Waals surface area contributed by atoms with E-state index >= 15 is 0 Å². The Morgan fingerprint density at radius 1 is 1.25 bits per heavy atom. The molecule has 0 radical (unpaired) electrons. The van der Waals surface area contributed by atoms with Crippen molar-refractivity contribution in [3.05, 3.63) is 35.4 Å². The first-order valence-electron chi connectivity index (χ1n) is 3.89. The zero-order valence-corrected chi connectivity index (χ0v) is 8.43. The fourth-order valence-corrected chi connectivity index (χ4v) is 1.46. The minimum Gasteiger partial charge on any atom is -0.344 e. The minimum atomic E-state index is 0. The van der Waals surface area contributed by atoms with Crippen molar-refractivity contribution in [2.75, 3.05) is 0 Å². The van der Waals surface area contributed by atoms with E-state index in [1.165, 1.54) is 11.1 Å². The van der Waals surface area contributed by atoms with E-state index in [1.807, 2.05) is 6.07 Å². The van der Waals surface area contributed by atoms with E-state index in [0.717, 1.165) is 0 Å². The van der Waals surface area contributed by atoms with Crippen molar-refractivity contribution < 1.29 is 0 Å². The van der Waals surface area contributed by atoms with Crippen LogP contribution in [0.4, 0.5) is 0 Å². The molecule has 0 atom stereocenters. The highest BCUT2D eigenvalue weighted by Crippen LogP contribution is 2.20. The van der Waals surface area contributed by atoms with E-state index in [0.29, 0.717) is 11.8 Å². The largest absolute Gasteiger partial charge is 0.344 e. The predicted molar refractivity (Wildman–Crippen MR) is 55.1 cm³/mol. The molecule has 0 saturated heterocycles. The van der Waals surface area contributed by atoms with Crippen molar-refractivity contribution >= 4 is 11.6 Å². The Hall–Kier alpha value is -0.530. The number of alkyl halides is 1. The maximum Gasteiger partial charge on any atom is 0.0476 e. The molecule has 0 aliphatic carbocycles. The molecule has 0 bridgehead atoms. The SMILES string of the molecule is CC(C)c1ccccc1CCl.N. The first-order valence-corrected chi connectivity index (χ1v) is 4.43. The van der Waals surface area contributed by atoms with Crippen LogP contribution >= 0.6 is 11.6 Å². The van der Waals surface area contributed by atoms with Crippen LogP contribution in [-0.4, -0.2) is 0 Å². The van der Waals surface area contributed by atoms with Crippen molar-refractivity contribution in [1.29, 1.82) is 0 Å². The highest BCUT2D eigenvalue weighted by Gasteiger charge is 2.02. The normalized spacial score (nSPS) is 9.67. The summed E-state index contributed by atoms with van der Waals surface area (Å²) in [6.45, 7) is 4.37. The molecule has 0 fully saturated rings. The number of rotatable bonds is 2. The van der Waals surface area contributed by atoms with E-state index in [4.69, 9.17) is 11.6 Å². The molecule has 1 aromatic carbocycles. The third-order valence-electron chi connectivity index (χ3n) is 1.82. The second-order valence-corrected chi connectivity index (χ2v) is 3.25. The standard InChI is InChI=1S/C10H13Cl.H3N/c1-8(2)10-6-4-3-5-9(10)7-11;/h3-6,8H,7H2,1-2H3;1H3. The molecule has 1 aromatic rings. The van der Waals surface area contributed by atoms with E-state index < -0.39 is 0 Å². The first kappa shape index (κ1) is 11.5. The first-order chi connectivity index (χ1) is 5.25. The predicted octanol–water partition coefficient (Wildman–Crippen LogP) is 3.71. The van der Waals surface area contributed by atoms with Crippen LogP contribution < -0.4 is 6.15 Å². The summed E-state index contributed by atoms with van der Waals surface area (Å²) in [7, 11) is 0. The van der Waals surface area contributed by atoms with Gasteiger partial charge in [0.1, 0.15) is 0 Å². The third-order valence-corrected chi connectivity index (χ3v) is 2.11. The smallest absolute Gasteiger partial charge is 0.0476 e. The van der Waals surface area contributed by atoms with Gasteiger partial charge in [-0.15, -0.1) is 11.6 Å². The van der Waals surface area contributed by atoms with Gasteiger partial charge in [0.15, 0.2) is 0 Å². The highest BCUT2D eigenvalue weighted by atomic mass is 35.5. The molecule has 3 N–H and O–H groups in total. The molecule has 68 valence electrons. The molecule has 0 heterocycles. The van der Waals surface area contributed by atoms with Crippen LogP contribution in [0.25, 0.3) is 0 Å². The summed E-state index contributed by atoms with van der Waals surface area (Å²) in [5.41, 5.74) is 2.62. The van der Waals surface area contributed by atoms with E-state index in [9.17, 15) is 0 Å². The quantitative estimate of drug-likeness (QED) is 0.701. The zero-order chi connectivity index (χ0) is 8.27. The molecule has 0 aliphatic rings. The van der Waals surface area contributed by atoms with Gasteiger partial charge in [0.05, 0.1) is 0 Å². The van der Waals surface area contributed by atoms with Crippen LogP contribution in [0.5, 0.6) is 0 Å². The van der Waals surface area contributed by atoms with Gasteiger partial charge in [-0.05, 0) is 17.0 Å². The van der Waals surface area contributed by atoms with Crippen molar-refractivity contribution in [1.82, 2.24) is 6.15 Å². The number of hydrogen-bond acceptors (Lipinski definition) is 1. The molecule has 0 saturated carbocycles. The number of hydrogen-bond donors (Lipinski definition) is 1. The molecule has 0 amide bonds. The summed E-state index contributed by atoms with van der Waals surface area (Å²) < 4.78 is 0. The average Bonchev–Trinajstić information content (AvgIpc) is 2.04. The Bertz CT molecular complexity index is 233. The Labute approximate surface area is 79.3 Å². The Balaban J connectivity index is 0.00000121. The van der Waals surface area contributed by atoms with Gasteiger partial charge < -0.3 is 6.15 Å². The zero-order valence-electron chi connectivity index (χ0n) is 7.68. The van der Waals surface area contributed by atoms with E-state index in [-0.39, 0.29) is 6.15 Å². The summed E-state index contributed by atoms with van der Waals surface area (Å²) in [6.07, 6.45) is 0. The van der Waals surface area contributed by atoms with Crippen molar-refractivity contribution in [2.45, 2.75) is 25.6 Å². The van der Waals surface area contributed by atoms with Crippen molar-refractivity contribution in [2.24, 2.45) is 0 Å². The lowest BCUT2D eigenvalue weighted by Gasteiger charge is -2.09. The molecule has 12 heavy (non-hydrogen) atoms. The number of benzene rings is 1. The maximum absolute atomic E-state index is 5.78. The second kappa shape index (κ2) is 5.18. The Morgan fingerprint density at radius 3 is 2.25 bits per heavy atom. The van der Waals surface area contributed by atoms with Gasteiger partial charge in [-0.1, -0.05) is 38.1 Å². The summed E-state index contributed by atoms with van der Waals surface area (Å²) in [5, 5.41) is 0. The van der Waals surface area contributed by atoms with Gasteiger partial charge in [0.25, 0.3) is 0 Å². The average molecular weight is 186 g/mol. The Morgan fingerprint density at radius 2 is 1.83 bits per heavy atom. The van der Waals surface area contributed by atoms with Gasteiger partial charge in [-0.25, -0.2) is 0 Å². The van der Waals surface area contributed by atoms with Crippen LogP contribution in [0.1, 0.15) is 30.9 Å². The maximum atomic E-state index is 5.78. The van der Waals surface area contributed by atoms with Crippen molar-refractivity contribution in [3.8, 4) is 0 Å². The summed E-state index contributed by atoms with van der Waals surface area (Å²) in [6, 6.07) is 8.32. The lowest BCUT2D eigenvalue weighted by Crippen LogP contribution is -1.92. The van der Waals surface area contributed by atoms with Crippen LogP contribution in [0, 0.1) is 0 Å². The monoisotopic (exact) mass is 185 g/mol. The molecule has 0 spiro atoms.